The van der Waals surface area contributed by atoms with E-state index >= 15 is 0 Å². The van der Waals surface area contributed by atoms with Gasteiger partial charge in [-0.2, -0.15) is 0 Å². The van der Waals surface area contributed by atoms with Crippen LogP contribution >= 0.6 is 0 Å². The molecule has 1 fully saturated rings. The summed E-state index contributed by atoms with van der Waals surface area (Å²) in [5, 5.41) is 12.1. The molecule has 4 aromatic heterocycles. The van der Waals surface area contributed by atoms with Crippen LogP contribution in [0, 0.1) is 11.8 Å². The van der Waals surface area contributed by atoms with Crippen molar-refractivity contribution in [1.82, 2.24) is 50.7 Å². The molecule has 2 aliphatic heterocycles. The van der Waals surface area contributed by atoms with Gasteiger partial charge in [-0.15, -0.1) is 0 Å². The maximum atomic E-state index is 12.8. The molecule has 6 heterocycles. The standard InChI is InChI=1S/C39H36N10O5/c1-3-33-46-35(32-22-48(39(54)40-2)17-18-49(32)33)26-10-4-7-23-19-31(43-21-27(23)26)24-12-13-28(42-20-24)36(51)41-16-6-9-25-8-5-11-29(44-25)37(52)45-30-14-15-34(50)47-38(30)53/h4-5,7-8,10-13,19-21,30H,3,14-18,22H2,1-2H3,(H,40,54)(H,41,51)(H,45,52)(H,47,50,53). The number of fused-ring (bicyclic) bond motifs is 2. The van der Waals surface area contributed by atoms with E-state index in [0.29, 0.717) is 31.0 Å². The summed E-state index contributed by atoms with van der Waals surface area (Å²) >= 11 is 0. The molecular formula is C39H36N10O5. The van der Waals surface area contributed by atoms with Crippen LogP contribution in [-0.4, -0.2) is 85.2 Å². The highest BCUT2D eigenvalue weighted by Gasteiger charge is 2.29. The van der Waals surface area contributed by atoms with Crippen molar-refractivity contribution < 1.29 is 24.0 Å². The van der Waals surface area contributed by atoms with E-state index in [4.69, 9.17) is 9.97 Å². The zero-order valence-corrected chi connectivity index (χ0v) is 29.6. The molecule has 272 valence electrons. The summed E-state index contributed by atoms with van der Waals surface area (Å²) < 4.78 is 2.22. The lowest BCUT2D eigenvalue weighted by molar-refractivity contribution is -0.134. The van der Waals surface area contributed by atoms with Gasteiger partial charge >= 0.3 is 6.03 Å². The molecule has 1 unspecified atom stereocenters. The van der Waals surface area contributed by atoms with Crippen LogP contribution in [-0.2, 0) is 29.1 Å². The molecule has 15 heteroatoms. The summed E-state index contributed by atoms with van der Waals surface area (Å²) in [4.78, 5) is 81.4. The number of hydrogen-bond donors (Lipinski definition) is 4. The van der Waals surface area contributed by atoms with Gasteiger partial charge in [-0.05, 0) is 48.1 Å². The van der Waals surface area contributed by atoms with E-state index < -0.39 is 23.8 Å². The number of benzene rings is 1. The molecule has 0 radical (unpaired) electrons. The van der Waals surface area contributed by atoms with Gasteiger partial charge < -0.3 is 25.4 Å². The number of imide groups is 1. The lowest BCUT2D eigenvalue weighted by Gasteiger charge is -2.29. The monoisotopic (exact) mass is 724 g/mol. The lowest BCUT2D eigenvalue weighted by atomic mass is 10.0. The number of piperidine rings is 1. The summed E-state index contributed by atoms with van der Waals surface area (Å²) in [6.45, 7) is 3.85. The molecule has 1 saturated heterocycles. The molecule has 0 spiro atoms. The van der Waals surface area contributed by atoms with Crippen molar-refractivity contribution in [2.45, 2.75) is 45.3 Å². The molecule has 5 aromatic rings. The Hall–Kier alpha value is -6.95. The minimum absolute atomic E-state index is 0.00867. The maximum Gasteiger partial charge on any atom is 0.317 e. The number of aryl methyl sites for hydroxylation is 1. The fourth-order valence-electron chi connectivity index (χ4n) is 6.52. The lowest BCUT2D eigenvalue weighted by Crippen LogP contribution is -2.52. The second-order valence-electron chi connectivity index (χ2n) is 12.7. The largest absolute Gasteiger partial charge is 0.341 e. The first-order valence-electron chi connectivity index (χ1n) is 17.5. The zero-order chi connectivity index (χ0) is 37.8. The summed E-state index contributed by atoms with van der Waals surface area (Å²) in [7, 11) is 1.64. The number of carbonyl (C=O) groups is 5. The quantitative estimate of drug-likeness (QED) is 0.144. The third-order valence-corrected chi connectivity index (χ3v) is 9.29. The smallest absolute Gasteiger partial charge is 0.317 e. The van der Waals surface area contributed by atoms with E-state index in [-0.39, 0.29) is 42.7 Å². The van der Waals surface area contributed by atoms with Crippen LogP contribution < -0.4 is 21.3 Å². The molecule has 1 atom stereocenters. The number of nitrogens with zero attached hydrogens (tertiary/aromatic N) is 6. The van der Waals surface area contributed by atoms with Gasteiger partial charge in [-0.1, -0.05) is 37.1 Å². The Balaban J connectivity index is 0.998. The van der Waals surface area contributed by atoms with E-state index in [2.05, 4.69) is 54.6 Å². The van der Waals surface area contributed by atoms with Gasteiger partial charge in [-0.3, -0.25) is 34.5 Å². The van der Waals surface area contributed by atoms with Crippen LogP contribution in [0.3, 0.4) is 0 Å². The molecule has 15 nitrogen and oxygen atoms in total. The van der Waals surface area contributed by atoms with E-state index in [1.807, 2.05) is 30.5 Å². The molecule has 0 aliphatic carbocycles. The van der Waals surface area contributed by atoms with Crippen molar-refractivity contribution in [2.24, 2.45) is 0 Å². The minimum Gasteiger partial charge on any atom is -0.341 e. The molecule has 0 saturated carbocycles. The third-order valence-electron chi connectivity index (χ3n) is 9.29. The summed E-state index contributed by atoms with van der Waals surface area (Å²) in [5.41, 5.74) is 4.80. The summed E-state index contributed by atoms with van der Waals surface area (Å²) in [5.74, 6) is 4.73. The molecule has 2 aliphatic rings. The zero-order valence-electron chi connectivity index (χ0n) is 29.6. The van der Waals surface area contributed by atoms with Crippen molar-refractivity contribution in [2.75, 3.05) is 20.1 Å². The number of carbonyl (C=O) groups excluding carboxylic acids is 5. The normalized spacial score (nSPS) is 15.1. The molecule has 7 rings (SSSR count). The van der Waals surface area contributed by atoms with Crippen molar-refractivity contribution in [3.05, 3.63) is 95.6 Å². The van der Waals surface area contributed by atoms with Crippen molar-refractivity contribution in [1.29, 1.82) is 0 Å². The predicted molar refractivity (Wildman–Crippen MR) is 198 cm³/mol. The Morgan fingerprint density at radius 2 is 1.81 bits per heavy atom. The van der Waals surface area contributed by atoms with Gasteiger partial charge in [0.15, 0.2) is 0 Å². The third kappa shape index (κ3) is 7.35. The SMILES string of the molecule is CCc1nc(-c2cccc3cc(-c4ccc(C(=O)NCC#Cc5cccc(C(=O)NC6CCC(=O)NC6=O)n5)nc4)ncc23)c2n1CCN(C(=O)NC)C2. The molecular weight excluding hydrogens is 688 g/mol. The summed E-state index contributed by atoms with van der Waals surface area (Å²) in [6.07, 6.45) is 4.55. The van der Waals surface area contributed by atoms with Crippen LogP contribution in [0.5, 0.6) is 0 Å². The second-order valence-corrected chi connectivity index (χ2v) is 12.7. The van der Waals surface area contributed by atoms with Gasteiger partial charge in [0.05, 0.1) is 30.2 Å². The van der Waals surface area contributed by atoms with Crippen LogP contribution in [0.25, 0.3) is 33.3 Å². The molecule has 4 N–H and O–H groups in total. The Labute approximate surface area is 310 Å². The van der Waals surface area contributed by atoms with E-state index in [1.165, 1.54) is 6.07 Å². The number of aromatic nitrogens is 5. The predicted octanol–water partition coefficient (Wildman–Crippen LogP) is 2.59. The molecule has 54 heavy (non-hydrogen) atoms. The van der Waals surface area contributed by atoms with Crippen LogP contribution in [0.2, 0.25) is 0 Å². The number of rotatable bonds is 7. The van der Waals surface area contributed by atoms with Gasteiger partial charge in [0.1, 0.15) is 28.9 Å². The summed E-state index contributed by atoms with van der Waals surface area (Å²) in [6, 6.07) is 15.2. The van der Waals surface area contributed by atoms with Gasteiger partial charge in [0, 0.05) is 61.9 Å². The number of urea groups is 1. The molecule has 6 amide bonds. The Kier molecular flexibility index (Phi) is 10.1. The highest BCUT2D eigenvalue weighted by atomic mass is 16.2. The number of amides is 6. The van der Waals surface area contributed by atoms with E-state index in [0.717, 1.165) is 45.5 Å². The Morgan fingerprint density at radius 3 is 2.59 bits per heavy atom. The van der Waals surface area contributed by atoms with Crippen molar-refractivity contribution in [3.8, 4) is 34.4 Å². The minimum atomic E-state index is -0.819. The number of pyridine rings is 3. The average Bonchev–Trinajstić information content (AvgIpc) is 3.57. The first kappa shape index (κ1) is 35.5. The highest BCUT2D eigenvalue weighted by molar-refractivity contribution is 6.03. The van der Waals surface area contributed by atoms with Crippen molar-refractivity contribution >= 4 is 40.4 Å². The van der Waals surface area contributed by atoms with Crippen molar-refractivity contribution in [3.63, 3.8) is 0 Å². The van der Waals surface area contributed by atoms with Gasteiger partial charge in [0.2, 0.25) is 11.8 Å². The highest BCUT2D eigenvalue weighted by Crippen LogP contribution is 2.34. The van der Waals surface area contributed by atoms with Crippen LogP contribution in [0.15, 0.2) is 67.0 Å². The fraction of sp³-hybridized carbons (Fsp3) is 0.256. The topological polar surface area (TPSA) is 193 Å². The number of nitrogens with one attached hydrogen (secondary N) is 4. The fourth-order valence-corrected chi connectivity index (χ4v) is 6.52. The van der Waals surface area contributed by atoms with E-state index in [1.54, 1.807) is 42.4 Å². The van der Waals surface area contributed by atoms with Crippen LogP contribution in [0.4, 0.5) is 4.79 Å². The molecule has 1 aromatic carbocycles. The second kappa shape index (κ2) is 15.3. The van der Waals surface area contributed by atoms with E-state index in [9.17, 15) is 24.0 Å². The van der Waals surface area contributed by atoms with Crippen LogP contribution in [0.1, 0.15) is 58.0 Å². The maximum absolute atomic E-state index is 12.8. The van der Waals surface area contributed by atoms with Gasteiger partial charge in [-0.25, -0.2) is 14.8 Å². The first-order valence-corrected chi connectivity index (χ1v) is 17.5. The Bertz CT molecular complexity index is 2380. The average molecular weight is 725 g/mol. The Morgan fingerprint density at radius 1 is 0.963 bits per heavy atom. The van der Waals surface area contributed by atoms with Gasteiger partial charge in [0.25, 0.3) is 11.8 Å². The molecule has 0 bridgehead atoms. The number of imidazole rings is 1. The first-order chi connectivity index (χ1) is 26.2. The number of hydrogen-bond acceptors (Lipinski definition) is 9.